The van der Waals surface area contributed by atoms with Gasteiger partial charge >= 0.3 is 5.97 Å². The quantitative estimate of drug-likeness (QED) is 0.621. The second-order valence-corrected chi connectivity index (χ2v) is 6.50. The molecule has 1 heterocycles. The van der Waals surface area contributed by atoms with Gasteiger partial charge in [0.1, 0.15) is 6.04 Å². The molecule has 1 atom stereocenters. The van der Waals surface area contributed by atoms with E-state index >= 15 is 0 Å². The summed E-state index contributed by atoms with van der Waals surface area (Å²) in [5.74, 6) is -0.758. The Hall–Kier alpha value is -0.700. The van der Waals surface area contributed by atoms with Crippen molar-refractivity contribution in [2.75, 3.05) is 39.2 Å². The molecule has 0 N–H and O–H groups in total. The summed E-state index contributed by atoms with van der Waals surface area (Å²) in [6.07, 6.45) is -0.0312. The summed E-state index contributed by atoms with van der Waals surface area (Å²) in [5, 5.41) is 0. The summed E-state index contributed by atoms with van der Waals surface area (Å²) in [5.41, 5.74) is 0. The standard InChI is InChI=1S/C11H21NO6S/c1-9(2)18-6-7-19(14,15)12-4-5-17-8-10(12)11(13)16-3/h9-10H,4-8H2,1-3H3. The summed E-state index contributed by atoms with van der Waals surface area (Å²) in [7, 11) is -2.33. The Morgan fingerprint density at radius 1 is 1.47 bits per heavy atom. The van der Waals surface area contributed by atoms with Gasteiger partial charge in [-0.1, -0.05) is 0 Å². The molecule has 0 saturated carbocycles. The van der Waals surface area contributed by atoms with E-state index in [0.717, 1.165) is 4.31 Å². The van der Waals surface area contributed by atoms with Crippen LogP contribution in [0, 0.1) is 0 Å². The maximum Gasteiger partial charge on any atom is 0.326 e. The van der Waals surface area contributed by atoms with Crippen LogP contribution in [0.3, 0.4) is 0 Å². The maximum absolute atomic E-state index is 12.2. The highest BCUT2D eigenvalue weighted by Gasteiger charge is 2.37. The lowest BCUT2D eigenvalue weighted by molar-refractivity contribution is -0.149. The van der Waals surface area contributed by atoms with Crippen LogP contribution in [0.1, 0.15) is 13.8 Å². The number of carbonyl (C=O) groups excluding carboxylic acids is 1. The summed E-state index contributed by atoms with van der Waals surface area (Å²) in [6.45, 7) is 4.22. The first-order chi connectivity index (χ1) is 8.88. The Morgan fingerprint density at radius 3 is 2.74 bits per heavy atom. The zero-order valence-electron chi connectivity index (χ0n) is 11.5. The predicted molar refractivity (Wildman–Crippen MR) is 68.2 cm³/mol. The first-order valence-electron chi connectivity index (χ1n) is 6.15. The molecule has 1 aliphatic heterocycles. The third kappa shape index (κ3) is 4.72. The topological polar surface area (TPSA) is 82.1 Å². The molecular weight excluding hydrogens is 274 g/mol. The van der Waals surface area contributed by atoms with Gasteiger partial charge in [0.25, 0.3) is 0 Å². The van der Waals surface area contributed by atoms with Crippen LogP contribution in [0.15, 0.2) is 0 Å². The van der Waals surface area contributed by atoms with Crippen molar-refractivity contribution in [1.82, 2.24) is 4.31 Å². The first kappa shape index (κ1) is 16.4. The van der Waals surface area contributed by atoms with Crippen molar-refractivity contribution in [3.05, 3.63) is 0 Å². The third-order valence-electron chi connectivity index (χ3n) is 2.70. The van der Waals surface area contributed by atoms with Crippen LogP contribution in [-0.4, -0.2) is 70.1 Å². The number of nitrogens with zero attached hydrogens (tertiary/aromatic N) is 1. The van der Waals surface area contributed by atoms with Gasteiger partial charge in [0.15, 0.2) is 0 Å². The molecule has 1 fully saturated rings. The number of carbonyl (C=O) groups is 1. The summed E-state index contributed by atoms with van der Waals surface area (Å²) in [4.78, 5) is 11.6. The second kappa shape index (κ2) is 7.18. The Morgan fingerprint density at radius 2 is 2.16 bits per heavy atom. The predicted octanol–water partition coefficient (Wildman–Crippen LogP) is -0.385. The average molecular weight is 295 g/mol. The summed E-state index contributed by atoms with van der Waals surface area (Å²) in [6, 6.07) is -0.900. The lowest BCUT2D eigenvalue weighted by Gasteiger charge is -2.32. The van der Waals surface area contributed by atoms with Crippen LogP contribution in [-0.2, 0) is 29.0 Å². The fourth-order valence-electron chi connectivity index (χ4n) is 1.75. The van der Waals surface area contributed by atoms with E-state index in [2.05, 4.69) is 4.74 Å². The monoisotopic (exact) mass is 295 g/mol. The number of hydrogen-bond acceptors (Lipinski definition) is 6. The molecule has 0 aromatic carbocycles. The smallest absolute Gasteiger partial charge is 0.326 e. The van der Waals surface area contributed by atoms with Crippen LogP contribution < -0.4 is 0 Å². The molecule has 0 aliphatic carbocycles. The van der Waals surface area contributed by atoms with Gasteiger partial charge < -0.3 is 14.2 Å². The Labute approximate surface area is 113 Å². The lowest BCUT2D eigenvalue weighted by Crippen LogP contribution is -2.53. The van der Waals surface area contributed by atoms with Crippen LogP contribution in [0.5, 0.6) is 0 Å². The van der Waals surface area contributed by atoms with Gasteiger partial charge in [-0.2, -0.15) is 4.31 Å². The number of ether oxygens (including phenoxy) is 3. The fourth-order valence-corrected chi connectivity index (χ4v) is 3.18. The molecule has 0 aromatic rings. The maximum atomic E-state index is 12.2. The van der Waals surface area contributed by atoms with Gasteiger partial charge in [-0.15, -0.1) is 0 Å². The van der Waals surface area contributed by atoms with E-state index in [1.165, 1.54) is 7.11 Å². The van der Waals surface area contributed by atoms with Gasteiger partial charge in [-0.25, -0.2) is 8.42 Å². The molecular formula is C11H21NO6S. The fraction of sp³-hybridized carbons (Fsp3) is 0.909. The SMILES string of the molecule is COC(=O)C1COCCN1S(=O)(=O)CCOC(C)C. The van der Waals surface area contributed by atoms with Crippen LogP contribution in [0.25, 0.3) is 0 Å². The summed E-state index contributed by atoms with van der Waals surface area (Å²) >= 11 is 0. The first-order valence-corrected chi connectivity index (χ1v) is 7.76. The van der Waals surface area contributed by atoms with Crippen LogP contribution in [0.4, 0.5) is 0 Å². The Bertz CT molecular complexity index is 394. The second-order valence-electron chi connectivity index (χ2n) is 4.46. The molecule has 0 aromatic heterocycles. The third-order valence-corrected chi connectivity index (χ3v) is 4.54. The highest BCUT2D eigenvalue weighted by atomic mass is 32.2. The van der Waals surface area contributed by atoms with Crippen molar-refractivity contribution in [2.24, 2.45) is 0 Å². The Balaban J connectivity index is 2.70. The summed E-state index contributed by atoms with van der Waals surface area (Å²) < 4.78 is 40.5. The van der Waals surface area contributed by atoms with Crippen molar-refractivity contribution in [2.45, 2.75) is 26.0 Å². The Kier molecular flexibility index (Phi) is 6.18. The van der Waals surface area contributed by atoms with Crippen molar-refractivity contribution >= 4 is 16.0 Å². The normalized spacial score (nSPS) is 21.6. The zero-order valence-corrected chi connectivity index (χ0v) is 12.3. The van der Waals surface area contributed by atoms with Gasteiger partial charge in [0, 0.05) is 6.54 Å². The molecule has 0 spiro atoms. The molecule has 1 unspecified atom stereocenters. The minimum atomic E-state index is -3.56. The van der Waals surface area contributed by atoms with E-state index in [1.807, 2.05) is 13.8 Å². The molecule has 1 rings (SSSR count). The molecule has 0 bridgehead atoms. The molecule has 0 radical (unpaired) electrons. The molecule has 7 nitrogen and oxygen atoms in total. The number of morpholine rings is 1. The highest BCUT2D eigenvalue weighted by Crippen LogP contribution is 2.14. The number of esters is 1. The number of rotatable bonds is 6. The average Bonchev–Trinajstić information content (AvgIpc) is 2.37. The molecule has 8 heteroatoms. The number of sulfonamides is 1. The molecule has 1 aliphatic rings. The van der Waals surface area contributed by atoms with Crippen molar-refractivity contribution in [3.8, 4) is 0 Å². The van der Waals surface area contributed by atoms with Crippen molar-refractivity contribution in [3.63, 3.8) is 0 Å². The molecule has 112 valence electrons. The molecule has 1 saturated heterocycles. The van der Waals surface area contributed by atoms with E-state index in [4.69, 9.17) is 9.47 Å². The van der Waals surface area contributed by atoms with Gasteiger partial charge in [0.2, 0.25) is 10.0 Å². The van der Waals surface area contributed by atoms with E-state index in [0.29, 0.717) is 0 Å². The van der Waals surface area contributed by atoms with Crippen LogP contribution >= 0.6 is 0 Å². The van der Waals surface area contributed by atoms with Gasteiger partial charge in [-0.3, -0.25) is 4.79 Å². The minimum Gasteiger partial charge on any atom is -0.468 e. The van der Waals surface area contributed by atoms with Gasteiger partial charge in [-0.05, 0) is 13.8 Å². The largest absolute Gasteiger partial charge is 0.468 e. The van der Waals surface area contributed by atoms with E-state index in [9.17, 15) is 13.2 Å². The molecule has 0 amide bonds. The zero-order chi connectivity index (χ0) is 14.5. The highest BCUT2D eigenvalue weighted by molar-refractivity contribution is 7.89. The van der Waals surface area contributed by atoms with E-state index in [-0.39, 0.29) is 38.2 Å². The number of methoxy groups -OCH3 is 1. The van der Waals surface area contributed by atoms with Crippen molar-refractivity contribution in [1.29, 1.82) is 0 Å². The van der Waals surface area contributed by atoms with Crippen molar-refractivity contribution < 1.29 is 27.4 Å². The lowest BCUT2D eigenvalue weighted by atomic mass is 10.3. The van der Waals surface area contributed by atoms with Crippen LogP contribution in [0.2, 0.25) is 0 Å². The van der Waals surface area contributed by atoms with Gasteiger partial charge in [0.05, 0.1) is 38.8 Å². The number of hydrogen-bond donors (Lipinski definition) is 0. The minimum absolute atomic E-state index is 0.0247. The molecule has 19 heavy (non-hydrogen) atoms. The van der Waals surface area contributed by atoms with E-state index < -0.39 is 22.0 Å². The van der Waals surface area contributed by atoms with E-state index in [1.54, 1.807) is 0 Å².